The van der Waals surface area contributed by atoms with Crippen molar-refractivity contribution >= 4 is 12.6 Å². The van der Waals surface area contributed by atoms with Crippen molar-refractivity contribution in [3.63, 3.8) is 0 Å². The van der Waals surface area contributed by atoms with E-state index in [2.05, 4.69) is 4.98 Å². The molecule has 0 aliphatic carbocycles. The van der Waals surface area contributed by atoms with Gasteiger partial charge in [0.1, 0.15) is 0 Å². The lowest BCUT2D eigenvalue weighted by Crippen LogP contribution is -1.99. The molecule has 0 bridgehead atoms. The normalized spacial score (nSPS) is 9.62. The predicted octanol–water partition coefficient (Wildman–Crippen LogP) is 1.31. The van der Waals surface area contributed by atoms with E-state index in [0.29, 0.717) is 17.2 Å². The number of aryl methyl sites for hydroxylation is 1. The molecule has 1 rings (SSSR count). The Hall–Kier alpha value is -1.18. The van der Waals surface area contributed by atoms with Gasteiger partial charge in [-0.2, -0.15) is 5.26 Å². The van der Waals surface area contributed by atoms with Gasteiger partial charge in [0, 0.05) is 12.8 Å². The van der Waals surface area contributed by atoms with Crippen LogP contribution in [-0.4, -0.2) is 12.1 Å². The first-order valence-electron chi connectivity index (χ1n) is 3.75. The highest BCUT2D eigenvalue weighted by Crippen LogP contribution is 2.14. The summed E-state index contributed by atoms with van der Waals surface area (Å²) in [5.41, 5.74) is 2.07. The van der Waals surface area contributed by atoms with Crippen molar-refractivity contribution in [2.75, 3.05) is 7.11 Å². The zero-order valence-corrected chi connectivity index (χ0v) is 8.31. The first kappa shape index (κ1) is 9.90. The number of methoxy groups -OCH3 is 1. The summed E-state index contributed by atoms with van der Waals surface area (Å²) < 4.78 is 4.96. The van der Waals surface area contributed by atoms with Crippen molar-refractivity contribution in [1.82, 2.24) is 4.98 Å². The summed E-state index contributed by atoms with van der Waals surface area (Å²) >= 11 is 4.95. The van der Waals surface area contributed by atoms with Crippen LogP contribution in [0.3, 0.4) is 0 Å². The molecular formula is C9H9N2OS-. The van der Waals surface area contributed by atoms with Crippen LogP contribution in [0.5, 0.6) is 0 Å². The van der Waals surface area contributed by atoms with Crippen molar-refractivity contribution in [2.24, 2.45) is 0 Å². The number of hydrogen-bond acceptors (Lipinski definition) is 4. The van der Waals surface area contributed by atoms with Gasteiger partial charge in [-0.25, -0.2) is 0 Å². The molecule has 0 unspecified atom stereocenters. The Morgan fingerprint density at radius 3 is 2.92 bits per heavy atom. The van der Waals surface area contributed by atoms with Crippen LogP contribution in [0.25, 0.3) is 0 Å². The highest BCUT2D eigenvalue weighted by atomic mass is 32.1. The van der Waals surface area contributed by atoms with Crippen molar-refractivity contribution < 1.29 is 4.74 Å². The predicted molar refractivity (Wildman–Crippen MR) is 50.0 cm³/mol. The van der Waals surface area contributed by atoms with Gasteiger partial charge in [-0.1, -0.05) is 5.03 Å². The monoisotopic (exact) mass is 193 g/mol. The van der Waals surface area contributed by atoms with Crippen LogP contribution in [0.1, 0.15) is 16.8 Å². The number of aromatic nitrogens is 1. The molecule has 1 aromatic rings. The Labute approximate surface area is 82.8 Å². The third kappa shape index (κ3) is 2.14. The molecule has 0 saturated heterocycles. The van der Waals surface area contributed by atoms with Crippen LogP contribution in [0.2, 0.25) is 0 Å². The summed E-state index contributed by atoms with van der Waals surface area (Å²) in [5, 5.41) is 9.16. The van der Waals surface area contributed by atoms with E-state index in [0.717, 1.165) is 11.3 Å². The molecule has 0 aliphatic rings. The van der Waals surface area contributed by atoms with E-state index in [4.69, 9.17) is 22.6 Å². The van der Waals surface area contributed by atoms with Gasteiger partial charge in [0.2, 0.25) is 0 Å². The molecule has 0 aliphatic heterocycles. The van der Waals surface area contributed by atoms with Crippen LogP contribution in [-0.2, 0) is 24.0 Å². The van der Waals surface area contributed by atoms with Gasteiger partial charge in [-0.3, -0.25) is 4.98 Å². The number of rotatable bonds is 2. The molecule has 68 valence electrons. The summed E-state index contributed by atoms with van der Waals surface area (Å²) in [6.07, 6.45) is 0. The molecule has 0 atom stereocenters. The molecule has 1 heterocycles. The Bertz CT molecular complexity index is 357. The molecule has 0 spiro atoms. The number of nitriles is 1. The van der Waals surface area contributed by atoms with Crippen LogP contribution in [0.4, 0.5) is 0 Å². The first-order chi connectivity index (χ1) is 6.19. The zero-order valence-electron chi connectivity index (χ0n) is 7.50. The van der Waals surface area contributed by atoms with Gasteiger partial charge >= 0.3 is 0 Å². The zero-order chi connectivity index (χ0) is 9.84. The Morgan fingerprint density at radius 1 is 1.69 bits per heavy atom. The van der Waals surface area contributed by atoms with Gasteiger partial charge in [0.15, 0.2) is 0 Å². The molecule has 4 heteroatoms. The fourth-order valence-corrected chi connectivity index (χ4v) is 1.42. The lowest BCUT2D eigenvalue weighted by molar-refractivity contribution is 0.184. The highest BCUT2D eigenvalue weighted by molar-refractivity contribution is 7.58. The maximum atomic E-state index is 8.80. The molecule has 1 aromatic heterocycles. The van der Waals surface area contributed by atoms with E-state index in [9.17, 15) is 0 Å². The second kappa shape index (κ2) is 4.17. The molecule has 13 heavy (non-hydrogen) atoms. The fraction of sp³-hybridized carbons (Fsp3) is 0.333. The number of ether oxygens (including phenoxy) is 1. The molecule has 0 amide bonds. The Balaban J connectivity index is 3.23. The van der Waals surface area contributed by atoms with Gasteiger partial charge < -0.3 is 17.4 Å². The minimum atomic E-state index is 0.356. The van der Waals surface area contributed by atoms with Crippen LogP contribution in [0, 0.1) is 18.3 Å². The summed E-state index contributed by atoms with van der Waals surface area (Å²) in [6, 6.07) is 3.85. The maximum Gasteiger partial charge on any atom is 0.0995 e. The molecule has 0 radical (unpaired) electrons. The van der Waals surface area contributed by atoms with Crippen molar-refractivity contribution in [1.29, 1.82) is 5.26 Å². The Kier molecular flexibility index (Phi) is 3.18. The third-order valence-electron chi connectivity index (χ3n) is 1.61. The van der Waals surface area contributed by atoms with E-state index in [1.807, 2.05) is 19.1 Å². The van der Waals surface area contributed by atoms with Gasteiger partial charge in [-0.05, 0) is 18.6 Å². The van der Waals surface area contributed by atoms with Crippen molar-refractivity contribution in [3.8, 4) is 6.07 Å². The largest absolute Gasteiger partial charge is 0.759 e. The third-order valence-corrected chi connectivity index (χ3v) is 1.90. The summed E-state index contributed by atoms with van der Waals surface area (Å²) in [7, 11) is 1.58. The van der Waals surface area contributed by atoms with E-state index in [1.165, 1.54) is 0 Å². The van der Waals surface area contributed by atoms with Crippen molar-refractivity contribution in [2.45, 2.75) is 18.6 Å². The van der Waals surface area contributed by atoms with Crippen LogP contribution in [0.15, 0.2) is 11.1 Å². The standard InChI is InChI=1S/C9H10N2OS/c1-6-3-7(5-12-2)8(4-10)9(13)11-6/h3H,5H2,1-2H3,(H,11,13)/p-1. The molecule has 0 N–H and O–H groups in total. The number of pyridine rings is 1. The minimum Gasteiger partial charge on any atom is -0.759 e. The lowest BCUT2D eigenvalue weighted by atomic mass is 10.1. The molecule has 0 aromatic carbocycles. The van der Waals surface area contributed by atoms with E-state index >= 15 is 0 Å². The number of nitrogens with zero attached hydrogens (tertiary/aromatic N) is 2. The molecule has 0 fully saturated rings. The molecule has 3 nitrogen and oxygen atoms in total. The summed E-state index contributed by atoms with van der Waals surface area (Å²) in [6.45, 7) is 2.24. The van der Waals surface area contributed by atoms with Gasteiger partial charge in [0.05, 0.1) is 18.2 Å². The van der Waals surface area contributed by atoms with Crippen LogP contribution >= 0.6 is 0 Å². The first-order valence-corrected chi connectivity index (χ1v) is 4.16. The minimum absolute atomic E-state index is 0.356. The van der Waals surface area contributed by atoms with E-state index in [-0.39, 0.29) is 0 Å². The van der Waals surface area contributed by atoms with E-state index in [1.54, 1.807) is 7.11 Å². The molecular weight excluding hydrogens is 184 g/mol. The topological polar surface area (TPSA) is 45.9 Å². The lowest BCUT2D eigenvalue weighted by Gasteiger charge is -2.12. The fourth-order valence-electron chi connectivity index (χ4n) is 1.10. The maximum absolute atomic E-state index is 8.80. The van der Waals surface area contributed by atoms with Crippen LogP contribution < -0.4 is 0 Å². The summed E-state index contributed by atoms with van der Waals surface area (Å²) in [5.74, 6) is 0. The average Bonchev–Trinajstić information content (AvgIpc) is 2.04. The quantitative estimate of drug-likeness (QED) is 0.664. The van der Waals surface area contributed by atoms with Gasteiger partial charge in [-0.15, -0.1) is 0 Å². The second-order valence-corrected chi connectivity index (χ2v) is 3.03. The number of hydrogen-bond donors (Lipinski definition) is 0. The second-order valence-electron chi connectivity index (χ2n) is 2.65. The molecule has 0 saturated carbocycles. The van der Waals surface area contributed by atoms with Crippen molar-refractivity contribution in [3.05, 3.63) is 22.9 Å². The SMILES string of the molecule is COCc1cc(C)nc([S-])c1C#N. The highest BCUT2D eigenvalue weighted by Gasteiger charge is 2.03. The average molecular weight is 193 g/mol. The summed E-state index contributed by atoms with van der Waals surface area (Å²) in [4.78, 5) is 4.02. The van der Waals surface area contributed by atoms with Gasteiger partial charge in [0.25, 0.3) is 0 Å². The van der Waals surface area contributed by atoms with E-state index < -0.39 is 0 Å². The Morgan fingerprint density at radius 2 is 2.38 bits per heavy atom. The smallest absolute Gasteiger partial charge is 0.0995 e.